The molecule has 1 atom stereocenters. The van der Waals surface area contributed by atoms with Crippen LogP contribution in [0, 0.1) is 5.92 Å². The lowest BCUT2D eigenvalue weighted by molar-refractivity contribution is -0.160. The smallest absolute Gasteiger partial charge is 0.408 e. The summed E-state index contributed by atoms with van der Waals surface area (Å²) in [6, 6.07) is -0.967. The maximum Gasteiger partial charge on any atom is 0.408 e. The Balaban J connectivity index is 4.62. The number of hydrogen-bond donors (Lipinski definition) is 2. The van der Waals surface area contributed by atoms with E-state index in [0.29, 0.717) is 0 Å². The Morgan fingerprint density at radius 2 is 1.74 bits per heavy atom. The van der Waals surface area contributed by atoms with Crippen LogP contribution >= 0.6 is 0 Å². The minimum absolute atomic E-state index is 0.259. The number of esters is 2. The molecule has 0 aliphatic carbocycles. The van der Waals surface area contributed by atoms with Crippen molar-refractivity contribution < 1.29 is 23.9 Å². The fraction of sp³-hybridized carbons (Fsp3) is 0.750. The first-order valence-electron chi connectivity index (χ1n) is 6.01. The van der Waals surface area contributed by atoms with Gasteiger partial charge >= 0.3 is 18.0 Å². The van der Waals surface area contributed by atoms with E-state index in [1.54, 1.807) is 34.6 Å². The molecule has 0 heterocycles. The number of nitrogens with one attached hydrogen (secondary N) is 1. The van der Waals surface area contributed by atoms with Crippen molar-refractivity contribution in [1.82, 2.24) is 5.32 Å². The highest BCUT2D eigenvalue weighted by atomic mass is 16.6. The summed E-state index contributed by atoms with van der Waals surface area (Å²) >= 11 is 0. The number of carbonyl (C=O) groups is 3. The van der Waals surface area contributed by atoms with Crippen molar-refractivity contribution in [1.29, 1.82) is 0 Å². The summed E-state index contributed by atoms with van der Waals surface area (Å²) in [7, 11) is 0. The summed E-state index contributed by atoms with van der Waals surface area (Å²) in [5, 5.41) is 2.37. The lowest BCUT2D eigenvalue weighted by Gasteiger charge is -2.24. The fourth-order valence-electron chi connectivity index (χ4n) is 1.15. The van der Waals surface area contributed by atoms with E-state index in [1.807, 2.05) is 0 Å². The van der Waals surface area contributed by atoms with Crippen molar-refractivity contribution in [2.45, 2.75) is 46.3 Å². The molecule has 0 aromatic carbocycles. The molecule has 7 nitrogen and oxygen atoms in total. The van der Waals surface area contributed by atoms with Crippen LogP contribution in [0.15, 0.2) is 0 Å². The number of rotatable bonds is 4. The second-order valence-corrected chi connectivity index (χ2v) is 5.37. The maximum absolute atomic E-state index is 11.7. The first-order chi connectivity index (χ1) is 8.56. The Kier molecular flexibility index (Phi) is 6.47. The average Bonchev–Trinajstić information content (AvgIpc) is 2.22. The van der Waals surface area contributed by atoms with Gasteiger partial charge in [0, 0.05) is 0 Å². The molecule has 1 unspecified atom stereocenters. The van der Waals surface area contributed by atoms with Crippen molar-refractivity contribution in [2.24, 2.45) is 11.7 Å². The molecule has 19 heavy (non-hydrogen) atoms. The van der Waals surface area contributed by atoms with Gasteiger partial charge in [0.1, 0.15) is 11.6 Å². The first-order valence-corrected chi connectivity index (χ1v) is 6.01. The zero-order valence-corrected chi connectivity index (χ0v) is 12.0. The van der Waals surface area contributed by atoms with E-state index in [2.05, 4.69) is 10.1 Å². The normalized spacial score (nSPS) is 12.8. The minimum Gasteiger partial charge on any atom is -0.444 e. The molecular weight excluding hydrogens is 252 g/mol. The Morgan fingerprint density at radius 1 is 1.21 bits per heavy atom. The van der Waals surface area contributed by atoms with E-state index in [4.69, 9.17) is 10.5 Å². The Hall–Kier alpha value is -1.63. The summed E-state index contributed by atoms with van der Waals surface area (Å²) < 4.78 is 9.51. The Bertz CT molecular complexity index is 347. The molecule has 7 heteroatoms. The second-order valence-electron chi connectivity index (χ2n) is 5.37. The van der Waals surface area contributed by atoms with Crippen LogP contribution in [0.1, 0.15) is 34.6 Å². The van der Waals surface area contributed by atoms with Crippen LogP contribution in [-0.4, -0.2) is 36.2 Å². The van der Waals surface area contributed by atoms with E-state index < -0.39 is 36.2 Å². The van der Waals surface area contributed by atoms with Crippen molar-refractivity contribution in [2.75, 3.05) is 6.54 Å². The molecule has 1 amide bonds. The summed E-state index contributed by atoms with van der Waals surface area (Å²) in [6.07, 6.45) is -0.747. The van der Waals surface area contributed by atoms with Crippen LogP contribution < -0.4 is 11.1 Å². The van der Waals surface area contributed by atoms with Crippen molar-refractivity contribution >= 4 is 18.0 Å². The summed E-state index contributed by atoms with van der Waals surface area (Å²) in [4.78, 5) is 34.2. The third-order valence-electron chi connectivity index (χ3n) is 1.97. The minimum atomic E-state index is -0.967. The van der Waals surface area contributed by atoms with E-state index >= 15 is 0 Å². The standard InChI is InChI=1S/C12H22N2O5/c1-7(2)9(10(16)18-8(15)6-13)14-11(17)19-12(3,4)5/h7,9H,6,13H2,1-5H3,(H,14,17). The van der Waals surface area contributed by atoms with Gasteiger partial charge in [-0.15, -0.1) is 0 Å². The SMILES string of the molecule is CC(C)C(NC(=O)OC(C)(C)C)C(=O)OC(=O)CN. The summed E-state index contributed by atoms with van der Waals surface area (Å²) in [5.74, 6) is -1.96. The second kappa shape index (κ2) is 7.08. The maximum atomic E-state index is 11.7. The zero-order chi connectivity index (χ0) is 15.2. The largest absolute Gasteiger partial charge is 0.444 e. The number of amides is 1. The van der Waals surface area contributed by atoms with E-state index in [0.717, 1.165) is 0 Å². The highest BCUT2D eigenvalue weighted by molar-refractivity contribution is 5.91. The molecule has 0 aliphatic heterocycles. The number of alkyl carbamates (subject to hydrolysis) is 1. The monoisotopic (exact) mass is 274 g/mol. The van der Waals surface area contributed by atoms with Crippen LogP contribution in [0.5, 0.6) is 0 Å². The quantitative estimate of drug-likeness (QED) is 0.573. The van der Waals surface area contributed by atoms with Crippen molar-refractivity contribution in [3.63, 3.8) is 0 Å². The predicted molar refractivity (Wildman–Crippen MR) is 68.1 cm³/mol. The van der Waals surface area contributed by atoms with Crippen molar-refractivity contribution in [3.8, 4) is 0 Å². The van der Waals surface area contributed by atoms with Crippen LogP contribution in [-0.2, 0) is 19.1 Å². The number of hydrogen-bond acceptors (Lipinski definition) is 6. The Morgan fingerprint density at radius 3 is 2.11 bits per heavy atom. The molecule has 0 spiro atoms. The third-order valence-corrected chi connectivity index (χ3v) is 1.97. The molecular formula is C12H22N2O5. The predicted octanol–water partition coefficient (Wildman–Crippen LogP) is 0.564. The molecule has 110 valence electrons. The lowest BCUT2D eigenvalue weighted by Crippen LogP contribution is -2.47. The summed E-state index contributed by atoms with van der Waals surface area (Å²) in [5.41, 5.74) is 4.36. The highest BCUT2D eigenvalue weighted by Gasteiger charge is 2.29. The van der Waals surface area contributed by atoms with Crippen LogP contribution in [0.4, 0.5) is 4.79 Å². The molecule has 0 saturated carbocycles. The van der Waals surface area contributed by atoms with Crippen LogP contribution in [0.25, 0.3) is 0 Å². The fourth-order valence-corrected chi connectivity index (χ4v) is 1.15. The molecule has 0 fully saturated rings. The molecule has 0 aromatic rings. The topological polar surface area (TPSA) is 108 Å². The number of carbonyl (C=O) groups excluding carboxylic acids is 3. The number of nitrogens with two attached hydrogens (primary N) is 1. The van der Waals surface area contributed by atoms with Gasteiger partial charge < -0.3 is 20.5 Å². The van der Waals surface area contributed by atoms with Gasteiger partial charge in [0.2, 0.25) is 0 Å². The molecule has 0 aliphatic rings. The van der Waals surface area contributed by atoms with Gasteiger partial charge in [0.25, 0.3) is 0 Å². The van der Waals surface area contributed by atoms with E-state index in [9.17, 15) is 14.4 Å². The molecule has 0 aromatic heterocycles. The van der Waals surface area contributed by atoms with Gasteiger partial charge in [-0.2, -0.15) is 0 Å². The molecule has 0 saturated heterocycles. The Labute approximate surface area is 112 Å². The van der Waals surface area contributed by atoms with Gasteiger partial charge in [0.15, 0.2) is 0 Å². The van der Waals surface area contributed by atoms with Gasteiger partial charge in [-0.05, 0) is 26.7 Å². The highest BCUT2D eigenvalue weighted by Crippen LogP contribution is 2.09. The molecule has 0 rings (SSSR count). The van der Waals surface area contributed by atoms with E-state index in [-0.39, 0.29) is 5.92 Å². The molecule has 0 bridgehead atoms. The summed E-state index contributed by atoms with van der Waals surface area (Å²) in [6.45, 7) is 8.11. The van der Waals surface area contributed by atoms with E-state index in [1.165, 1.54) is 0 Å². The van der Waals surface area contributed by atoms with Gasteiger partial charge in [-0.3, -0.25) is 4.79 Å². The average molecular weight is 274 g/mol. The van der Waals surface area contributed by atoms with Crippen molar-refractivity contribution in [3.05, 3.63) is 0 Å². The lowest BCUT2D eigenvalue weighted by atomic mass is 10.1. The van der Waals surface area contributed by atoms with Gasteiger partial charge in [-0.25, -0.2) is 9.59 Å². The molecule has 3 N–H and O–H groups in total. The number of ether oxygens (including phenoxy) is 2. The first kappa shape index (κ1) is 17.4. The van der Waals surface area contributed by atoms with Crippen LogP contribution in [0.2, 0.25) is 0 Å². The van der Waals surface area contributed by atoms with Gasteiger partial charge in [-0.1, -0.05) is 13.8 Å². The third kappa shape index (κ3) is 7.40. The van der Waals surface area contributed by atoms with Crippen LogP contribution in [0.3, 0.4) is 0 Å². The molecule has 0 radical (unpaired) electrons. The zero-order valence-electron chi connectivity index (χ0n) is 12.0. The van der Waals surface area contributed by atoms with Gasteiger partial charge in [0.05, 0.1) is 6.54 Å².